The predicted octanol–water partition coefficient (Wildman–Crippen LogP) is 10.5. The molecule has 242 valence electrons. The van der Waals surface area contributed by atoms with Gasteiger partial charge in [-0.3, -0.25) is 9.97 Å². The number of fused-ring (bicyclic) bond motifs is 1. The average Bonchev–Trinajstić information content (AvgIpc) is 3.24. The highest BCUT2D eigenvalue weighted by Crippen LogP contribution is 2.32. The summed E-state index contributed by atoms with van der Waals surface area (Å²) >= 11 is 0. The zero-order valence-corrected chi connectivity index (χ0v) is 28.0. The fraction of sp³-hybridized carbons (Fsp3) is 0. The minimum atomic E-state index is 0.633. The Bertz CT molecular complexity index is 2660. The van der Waals surface area contributed by atoms with Crippen LogP contribution in [0.2, 0.25) is 0 Å². The lowest BCUT2D eigenvalue weighted by atomic mass is 9.98. The normalized spacial score (nSPS) is 10.9. The molecule has 0 fully saturated rings. The van der Waals surface area contributed by atoms with Gasteiger partial charge in [-0.15, -0.1) is 0 Å². The minimum Gasteiger partial charge on any atom is -0.256 e. The Morgan fingerprint density at radius 3 is 1.90 bits per heavy atom. The summed E-state index contributed by atoms with van der Waals surface area (Å²) in [5.41, 5.74) is 12.1. The first-order valence-electron chi connectivity index (χ1n) is 17.1. The van der Waals surface area contributed by atoms with E-state index in [1.54, 1.807) is 6.20 Å². The average molecular weight is 665 g/mol. The lowest BCUT2D eigenvalue weighted by molar-refractivity contribution is -0.359. The van der Waals surface area contributed by atoms with E-state index in [1.165, 1.54) is 0 Å². The summed E-state index contributed by atoms with van der Waals surface area (Å²) in [6, 6.07) is 62.1. The maximum Gasteiger partial charge on any atom is 0.308 e. The molecule has 6 aromatic carbocycles. The molecule has 5 heteroatoms. The summed E-state index contributed by atoms with van der Waals surface area (Å²) in [7, 11) is 0. The van der Waals surface area contributed by atoms with Crippen LogP contribution in [0.3, 0.4) is 0 Å². The van der Waals surface area contributed by atoms with E-state index in [0.717, 1.165) is 83.9 Å². The summed E-state index contributed by atoms with van der Waals surface area (Å²) in [6.45, 7) is 0. The van der Waals surface area contributed by atoms with Gasteiger partial charge in [0.1, 0.15) is 0 Å². The number of nitrogens with zero attached hydrogens (tertiary/aromatic N) is 4. The monoisotopic (exact) mass is 664 g/mol. The Kier molecular flexibility index (Phi) is 8.01. The number of aromatic nitrogens is 5. The number of rotatable bonds is 7. The largest absolute Gasteiger partial charge is 0.308 e. The minimum absolute atomic E-state index is 0.633. The number of pyridine rings is 2. The lowest BCUT2D eigenvalue weighted by Crippen LogP contribution is -2.17. The van der Waals surface area contributed by atoms with E-state index < -0.39 is 0 Å². The third-order valence-electron chi connectivity index (χ3n) is 9.13. The third-order valence-corrected chi connectivity index (χ3v) is 9.13. The van der Waals surface area contributed by atoms with Crippen LogP contribution >= 0.6 is 0 Å². The highest BCUT2D eigenvalue weighted by atomic mass is 15.0. The number of hydrogen-bond acceptors (Lipinski definition) is 4. The summed E-state index contributed by atoms with van der Waals surface area (Å²) in [6.07, 6.45) is 3.75. The van der Waals surface area contributed by atoms with Crippen LogP contribution in [-0.2, 0) is 0 Å². The predicted molar refractivity (Wildman–Crippen MR) is 207 cm³/mol. The highest BCUT2D eigenvalue weighted by Gasteiger charge is 2.20. The van der Waals surface area contributed by atoms with Crippen molar-refractivity contribution in [1.29, 1.82) is 0 Å². The van der Waals surface area contributed by atoms with E-state index in [4.69, 9.17) is 15.0 Å². The van der Waals surface area contributed by atoms with E-state index in [9.17, 15) is 0 Å². The van der Waals surface area contributed by atoms with Crippen LogP contribution in [0.5, 0.6) is 0 Å². The fourth-order valence-corrected chi connectivity index (χ4v) is 6.48. The van der Waals surface area contributed by atoms with Crippen molar-refractivity contribution < 1.29 is 4.98 Å². The van der Waals surface area contributed by atoms with Gasteiger partial charge in [0.2, 0.25) is 0 Å². The molecule has 9 aromatic rings. The molecule has 0 aliphatic rings. The summed E-state index contributed by atoms with van der Waals surface area (Å²) in [5.74, 6) is 2.10. The first kappa shape index (κ1) is 30.7. The van der Waals surface area contributed by atoms with Crippen molar-refractivity contribution in [1.82, 2.24) is 19.9 Å². The number of aromatic amines is 1. The van der Waals surface area contributed by atoms with E-state index in [1.807, 2.05) is 79.0 Å². The van der Waals surface area contributed by atoms with E-state index in [0.29, 0.717) is 5.82 Å². The lowest BCUT2D eigenvalue weighted by Gasteiger charge is -2.09. The molecule has 52 heavy (non-hydrogen) atoms. The number of benzene rings is 5. The van der Waals surface area contributed by atoms with Crippen LogP contribution in [0.15, 0.2) is 176 Å². The highest BCUT2D eigenvalue weighted by molar-refractivity contribution is 5.95. The van der Waals surface area contributed by atoms with Gasteiger partial charge in [0.25, 0.3) is 11.6 Å². The van der Waals surface area contributed by atoms with Gasteiger partial charge in [0, 0.05) is 40.0 Å². The van der Waals surface area contributed by atoms with Gasteiger partial charge in [-0.25, -0.2) is 4.98 Å². The molecule has 9 rings (SSSR count). The fourth-order valence-electron chi connectivity index (χ4n) is 6.48. The molecule has 3 heterocycles. The van der Waals surface area contributed by atoms with Crippen LogP contribution in [0, 0.1) is 12.1 Å². The first-order valence-corrected chi connectivity index (χ1v) is 17.1. The Morgan fingerprint density at radius 2 is 1.13 bits per heavy atom. The Balaban J connectivity index is 1.06. The van der Waals surface area contributed by atoms with Crippen LogP contribution in [0.1, 0.15) is 0 Å². The van der Waals surface area contributed by atoms with Gasteiger partial charge < -0.3 is 0 Å². The van der Waals surface area contributed by atoms with Gasteiger partial charge in [-0.05, 0) is 83.4 Å². The third kappa shape index (κ3) is 6.17. The van der Waals surface area contributed by atoms with E-state index in [2.05, 4.69) is 113 Å². The van der Waals surface area contributed by atoms with Crippen LogP contribution in [0.4, 0.5) is 0 Å². The molecule has 0 amide bonds. The topological polar surface area (TPSA) is 65.7 Å². The zero-order chi connectivity index (χ0) is 34.7. The summed E-state index contributed by atoms with van der Waals surface area (Å²) < 4.78 is 0. The molecule has 0 saturated heterocycles. The maximum atomic E-state index is 5.05. The number of nitrogens with one attached hydrogen (secondary N) is 1. The molecule has 0 atom stereocenters. The first-order chi connectivity index (χ1) is 25.7. The van der Waals surface area contributed by atoms with Crippen molar-refractivity contribution in [3.8, 4) is 78.8 Å². The van der Waals surface area contributed by atoms with E-state index in [-0.39, 0.29) is 0 Å². The molecule has 0 bridgehead atoms. The van der Waals surface area contributed by atoms with E-state index >= 15 is 0 Å². The molecule has 0 radical (unpaired) electrons. The zero-order valence-electron chi connectivity index (χ0n) is 28.0. The van der Waals surface area contributed by atoms with Crippen LogP contribution in [0.25, 0.3) is 89.7 Å². The number of para-hydroxylation sites is 1. The second-order valence-corrected chi connectivity index (χ2v) is 12.5. The van der Waals surface area contributed by atoms with Gasteiger partial charge in [-0.1, -0.05) is 119 Å². The standard InChI is InChI=1S/C47H29N5/c1-3-12-32(13-4-1)36-16-9-17-37(28-36)41-30-39-19-11-21-42(44(39)49-31-41)33-23-25-35(26-24-33)46-50-45(34-14-5-2-6-15-34)51-47(52-46)40-20-10-18-38(29-40)43-22-7-8-27-48-43/h1-8,10-15,17-31H/p+1. The summed E-state index contributed by atoms with van der Waals surface area (Å²) in [5, 5.41) is 1.07. The second kappa shape index (κ2) is 13.5. The SMILES string of the molecule is c1cc(-c2cnc3c(-c4ccc(-c5nc(-c6cccc(-c7ccccn7)c6)nc(-c6ccccc6)[nH+]5)cc4)cccc3c2)cc(-c2ccccc2)c#1. The maximum absolute atomic E-state index is 5.05. The summed E-state index contributed by atoms with van der Waals surface area (Å²) in [4.78, 5) is 23.1. The second-order valence-electron chi connectivity index (χ2n) is 12.5. The van der Waals surface area contributed by atoms with Crippen molar-refractivity contribution in [3.05, 3.63) is 188 Å². The van der Waals surface area contributed by atoms with Crippen molar-refractivity contribution in [2.45, 2.75) is 0 Å². The molecule has 1 N–H and O–H groups in total. The molecule has 0 saturated carbocycles. The van der Waals surface area contributed by atoms with Crippen molar-refractivity contribution in [2.75, 3.05) is 0 Å². The van der Waals surface area contributed by atoms with Crippen molar-refractivity contribution in [2.24, 2.45) is 0 Å². The molecule has 0 aliphatic carbocycles. The number of H-pyrrole nitrogens is 1. The van der Waals surface area contributed by atoms with Gasteiger partial charge in [-0.2, -0.15) is 0 Å². The molecule has 0 aliphatic heterocycles. The molecule has 0 unspecified atom stereocenters. The van der Waals surface area contributed by atoms with Crippen molar-refractivity contribution in [3.63, 3.8) is 0 Å². The smallest absolute Gasteiger partial charge is 0.256 e. The molecule has 0 spiro atoms. The Morgan fingerprint density at radius 1 is 0.462 bits per heavy atom. The van der Waals surface area contributed by atoms with Gasteiger partial charge in [0.15, 0.2) is 0 Å². The molecule has 3 aromatic heterocycles. The molecular weight excluding hydrogens is 635 g/mol. The molecular formula is C47H30N5+. The van der Waals surface area contributed by atoms with Crippen LogP contribution < -0.4 is 4.98 Å². The Labute approximate surface area is 302 Å². The van der Waals surface area contributed by atoms with Crippen molar-refractivity contribution >= 4 is 10.9 Å². The number of hydrogen-bond donors (Lipinski definition) is 0. The molecule has 5 nitrogen and oxygen atoms in total. The van der Waals surface area contributed by atoms with Gasteiger partial charge in [0.05, 0.1) is 27.9 Å². The van der Waals surface area contributed by atoms with Gasteiger partial charge >= 0.3 is 5.82 Å². The Hall–Kier alpha value is -7.29. The van der Waals surface area contributed by atoms with Crippen LogP contribution in [-0.4, -0.2) is 19.9 Å². The quantitative estimate of drug-likeness (QED) is 0.170.